The minimum Gasteiger partial charge on any atom is -0.317 e. The van der Waals surface area contributed by atoms with Crippen LogP contribution < -0.4 is 5.32 Å². The van der Waals surface area contributed by atoms with Crippen LogP contribution in [0.3, 0.4) is 0 Å². The lowest BCUT2D eigenvalue weighted by atomic mass is 10.0. The highest BCUT2D eigenvalue weighted by Crippen LogP contribution is 2.23. The van der Waals surface area contributed by atoms with Gasteiger partial charge in [-0.05, 0) is 44.0 Å². The maximum Gasteiger partial charge on any atom is 0.147 e. The number of halogens is 2. The Morgan fingerprint density at radius 3 is 2.47 bits per heavy atom. The Bertz CT molecular complexity index is 517. The number of benzene rings is 1. The van der Waals surface area contributed by atoms with Crippen LogP contribution in [0.5, 0.6) is 0 Å². The fraction of sp³-hybridized carbons (Fsp3) is 0.538. The van der Waals surface area contributed by atoms with E-state index in [-0.39, 0.29) is 11.8 Å². The molecule has 0 aliphatic heterocycles. The summed E-state index contributed by atoms with van der Waals surface area (Å²) in [5, 5.41) is 4.29. The first-order chi connectivity index (χ1) is 8.81. The van der Waals surface area contributed by atoms with Crippen LogP contribution in [0.2, 0.25) is 10.0 Å². The van der Waals surface area contributed by atoms with Crippen molar-refractivity contribution in [3.8, 4) is 0 Å². The third kappa shape index (κ3) is 6.61. The summed E-state index contributed by atoms with van der Waals surface area (Å²) in [6.07, 6.45) is 3.53. The van der Waals surface area contributed by atoms with Gasteiger partial charge >= 0.3 is 0 Å². The van der Waals surface area contributed by atoms with Crippen molar-refractivity contribution in [1.82, 2.24) is 5.32 Å². The molecule has 1 N–H and O–H groups in total. The molecule has 1 aromatic rings. The number of likely N-dealkylation sites (N-methyl/N-ethyl adjacent to an activating group) is 1. The molecule has 0 saturated carbocycles. The molecule has 108 valence electrons. The number of nitrogens with one attached hydrogen (secondary N) is 1. The third-order valence-corrected chi connectivity index (χ3v) is 4.71. The first-order valence-corrected chi connectivity index (χ1v) is 8.92. The van der Waals surface area contributed by atoms with Crippen LogP contribution in [0.4, 0.5) is 0 Å². The molecule has 1 rings (SSSR count). The molecule has 0 bridgehead atoms. The maximum absolute atomic E-state index is 11.1. The lowest BCUT2D eigenvalue weighted by Gasteiger charge is -2.16. The van der Waals surface area contributed by atoms with Gasteiger partial charge in [0.05, 0.1) is 10.0 Å². The van der Waals surface area contributed by atoms with Gasteiger partial charge in [0, 0.05) is 18.1 Å². The van der Waals surface area contributed by atoms with E-state index in [0.717, 1.165) is 18.4 Å². The zero-order valence-electron chi connectivity index (χ0n) is 11.1. The van der Waals surface area contributed by atoms with Gasteiger partial charge in [-0.2, -0.15) is 0 Å². The molecule has 1 atom stereocenters. The summed E-state index contributed by atoms with van der Waals surface area (Å²) < 4.78 is 22.2. The molecule has 0 radical (unpaired) electrons. The Balaban J connectivity index is 2.54. The summed E-state index contributed by atoms with van der Waals surface area (Å²) in [6.45, 7) is 0. The van der Waals surface area contributed by atoms with Crippen molar-refractivity contribution >= 4 is 33.0 Å². The zero-order valence-corrected chi connectivity index (χ0v) is 13.4. The van der Waals surface area contributed by atoms with Gasteiger partial charge in [-0.25, -0.2) is 8.42 Å². The van der Waals surface area contributed by atoms with Crippen molar-refractivity contribution in [2.45, 2.75) is 25.3 Å². The van der Waals surface area contributed by atoms with Crippen molar-refractivity contribution in [3.63, 3.8) is 0 Å². The second-order valence-electron chi connectivity index (χ2n) is 4.71. The smallest absolute Gasteiger partial charge is 0.147 e. The summed E-state index contributed by atoms with van der Waals surface area (Å²) in [5.41, 5.74) is 1.09. The highest BCUT2D eigenvalue weighted by atomic mass is 35.5. The first kappa shape index (κ1) is 16.8. The number of sulfone groups is 1. The van der Waals surface area contributed by atoms with Gasteiger partial charge in [-0.15, -0.1) is 0 Å². The average Bonchev–Trinajstić information content (AvgIpc) is 2.31. The summed E-state index contributed by atoms with van der Waals surface area (Å²) in [7, 11) is -1.00. The molecular formula is C13H19Cl2NO2S. The van der Waals surface area contributed by atoms with Gasteiger partial charge in [-0.1, -0.05) is 29.3 Å². The number of hydrogen-bond acceptors (Lipinski definition) is 3. The molecule has 1 unspecified atom stereocenters. The molecule has 1 aromatic carbocycles. The minimum absolute atomic E-state index is 0.229. The maximum atomic E-state index is 11.1. The highest BCUT2D eigenvalue weighted by Gasteiger charge is 2.10. The summed E-state index contributed by atoms with van der Waals surface area (Å²) >= 11 is 11.8. The molecule has 0 fully saturated rings. The molecule has 0 aromatic heterocycles. The predicted octanol–water partition coefficient (Wildman–Crippen LogP) is 2.95. The fourth-order valence-electron chi connectivity index (χ4n) is 1.89. The SMILES string of the molecule is CNC(CCCS(C)(=O)=O)Cc1ccc(Cl)c(Cl)c1. The zero-order chi connectivity index (χ0) is 14.5. The van der Waals surface area contributed by atoms with E-state index in [1.165, 1.54) is 6.26 Å². The molecule has 0 amide bonds. The Hall–Kier alpha value is -0.290. The largest absolute Gasteiger partial charge is 0.317 e. The molecule has 0 aliphatic rings. The van der Waals surface area contributed by atoms with E-state index in [9.17, 15) is 8.42 Å². The van der Waals surface area contributed by atoms with Crippen LogP contribution in [-0.4, -0.2) is 33.5 Å². The topological polar surface area (TPSA) is 46.2 Å². The van der Waals surface area contributed by atoms with Crippen molar-refractivity contribution in [3.05, 3.63) is 33.8 Å². The van der Waals surface area contributed by atoms with Crippen molar-refractivity contribution in [2.24, 2.45) is 0 Å². The standard InChI is InChI=1S/C13H19Cl2NO2S/c1-16-11(4-3-7-19(2,17)18)8-10-5-6-12(14)13(15)9-10/h5-6,9,11,16H,3-4,7-8H2,1-2H3. The Morgan fingerprint density at radius 2 is 1.95 bits per heavy atom. The normalized spacial score (nSPS) is 13.5. The molecule has 6 heteroatoms. The van der Waals surface area contributed by atoms with E-state index >= 15 is 0 Å². The van der Waals surface area contributed by atoms with E-state index < -0.39 is 9.84 Å². The average molecular weight is 324 g/mol. The lowest BCUT2D eigenvalue weighted by molar-refractivity contribution is 0.511. The van der Waals surface area contributed by atoms with Crippen LogP contribution in [0, 0.1) is 0 Å². The van der Waals surface area contributed by atoms with Crippen LogP contribution >= 0.6 is 23.2 Å². The second kappa shape index (κ2) is 7.48. The summed E-state index contributed by atoms with van der Waals surface area (Å²) in [4.78, 5) is 0. The van der Waals surface area contributed by atoms with Gasteiger partial charge in [0.25, 0.3) is 0 Å². The quantitative estimate of drug-likeness (QED) is 0.839. The molecule has 3 nitrogen and oxygen atoms in total. The number of rotatable bonds is 7. The van der Waals surface area contributed by atoms with E-state index in [0.29, 0.717) is 16.5 Å². The summed E-state index contributed by atoms with van der Waals surface area (Å²) in [6, 6.07) is 5.81. The molecule has 0 aliphatic carbocycles. The van der Waals surface area contributed by atoms with E-state index in [2.05, 4.69) is 5.32 Å². The van der Waals surface area contributed by atoms with Crippen molar-refractivity contribution in [2.75, 3.05) is 19.1 Å². The molecule has 0 heterocycles. The second-order valence-corrected chi connectivity index (χ2v) is 7.78. The Morgan fingerprint density at radius 1 is 1.26 bits per heavy atom. The first-order valence-electron chi connectivity index (χ1n) is 6.10. The third-order valence-electron chi connectivity index (χ3n) is 2.94. The predicted molar refractivity (Wildman–Crippen MR) is 82.0 cm³/mol. The Kier molecular flexibility index (Phi) is 6.60. The van der Waals surface area contributed by atoms with Crippen LogP contribution in [-0.2, 0) is 16.3 Å². The van der Waals surface area contributed by atoms with Gasteiger partial charge in [0.1, 0.15) is 9.84 Å². The molecule has 0 spiro atoms. The van der Waals surface area contributed by atoms with Gasteiger partial charge in [-0.3, -0.25) is 0 Å². The highest BCUT2D eigenvalue weighted by molar-refractivity contribution is 7.90. The van der Waals surface area contributed by atoms with E-state index in [4.69, 9.17) is 23.2 Å². The van der Waals surface area contributed by atoms with Crippen molar-refractivity contribution < 1.29 is 8.42 Å². The van der Waals surface area contributed by atoms with Crippen LogP contribution in [0.15, 0.2) is 18.2 Å². The van der Waals surface area contributed by atoms with Crippen LogP contribution in [0.25, 0.3) is 0 Å². The van der Waals surface area contributed by atoms with E-state index in [1.807, 2.05) is 19.2 Å². The van der Waals surface area contributed by atoms with Crippen molar-refractivity contribution in [1.29, 1.82) is 0 Å². The Labute approximate surface area is 125 Å². The van der Waals surface area contributed by atoms with E-state index in [1.54, 1.807) is 6.07 Å². The lowest BCUT2D eigenvalue weighted by Crippen LogP contribution is -2.28. The number of hydrogen-bond donors (Lipinski definition) is 1. The minimum atomic E-state index is -2.88. The van der Waals surface area contributed by atoms with Gasteiger partial charge in [0.15, 0.2) is 0 Å². The van der Waals surface area contributed by atoms with Crippen LogP contribution in [0.1, 0.15) is 18.4 Å². The fourth-order valence-corrected chi connectivity index (χ4v) is 2.90. The molecular weight excluding hydrogens is 305 g/mol. The van der Waals surface area contributed by atoms with Gasteiger partial charge in [0.2, 0.25) is 0 Å². The summed E-state index contributed by atoms with van der Waals surface area (Å²) in [5.74, 6) is 0.229. The molecule has 0 saturated heterocycles. The van der Waals surface area contributed by atoms with Gasteiger partial charge < -0.3 is 5.32 Å². The molecule has 19 heavy (non-hydrogen) atoms. The monoisotopic (exact) mass is 323 g/mol.